The van der Waals surface area contributed by atoms with Gasteiger partial charge in [0.2, 0.25) is 0 Å². The van der Waals surface area contributed by atoms with Crippen molar-refractivity contribution in [2.75, 3.05) is 0 Å². The molecule has 0 saturated heterocycles. The Kier molecular flexibility index (Phi) is 5.01. The first kappa shape index (κ1) is 19.4. The van der Waals surface area contributed by atoms with Crippen LogP contribution in [-0.4, -0.2) is 24.3 Å². The summed E-state index contributed by atoms with van der Waals surface area (Å²) in [6.45, 7) is 0.188. The Labute approximate surface area is 170 Å². The smallest absolute Gasteiger partial charge is 0.422 e. The van der Waals surface area contributed by atoms with Crippen molar-refractivity contribution in [1.29, 1.82) is 0 Å². The molecule has 7 nitrogen and oxygen atoms in total. The summed E-state index contributed by atoms with van der Waals surface area (Å²) >= 11 is 6.77. The molecular weight excluding hydrogens is 431 g/mol. The summed E-state index contributed by atoms with van der Waals surface area (Å²) in [7, 11) is 0. The van der Waals surface area contributed by atoms with Crippen LogP contribution in [-0.2, 0) is 19.3 Å². The van der Waals surface area contributed by atoms with E-state index in [0.717, 1.165) is 22.1 Å². The second-order valence-corrected chi connectivity index (χ2v) is 7.30. The molecule has 1 aromatic carbocycles. The average molecular weight is 442 g/mol. The lowest BCUT2D eigenvalue weighted by molar-refractivity contribution is -0.141. The summed E-state index contributed by atoms with van der Waals surface area (Å²) in [6, 6.07) is 6.06. The first-order valence-corrected chi connectivity index (χ1v) is 9.39. The molecule has 12 heteroatoms. The van der Waals surface area contributed by atoms with Gasteiger partial charge in [-0.1, -0.05) is 29.0 Å². The van der Waals surface area contributed by atoms with E-state index in [1.54, 1.807) is 18.2 Å². The topological polar surface area (TPSA) is 74.8 Å². The normalized spacial score (nSPS) is 11.9. The van der Waals surface area contributed by atoms with Gasteiger partial charge in [0.25, 0.3) is 0 Å². The number of nitrogens with zero attached hydrogens (tertiary/aromatic N) is 5. The zero-order valence-electron chi connectivity index (χ0n) is 14.4. The molecular formula is C17H11ClF3N5O2S. The number of fused-ring (bicyclic) bond motifs is 1. The number of thiazole rings is 1. The highest BCUT2D eigenvalue weighted by molar-refractivity contribution is 7.16. The quantitative estimate of drug-likeness (QED) is 0.463. The van der Waals surface area contributed by atoms with Gasteiger partial charge in [-0.3, -0.25) is 14.0 Å². The Morgan fingerprint density at radius 1 is 1.14 bits per heavy atom. The third-order valence-electron chi connectivity index (χ3n) is 3.93. The molecule has 0 radical (unpaired) electrons. The Hall–Kier alpha value is -2.92. The molecule has 150 valence electrons. The van der Waals surface area contributed by atoms with Crippen molar-refractivity contribution in [3.8, 4) is 11.8 Å². The van der Waals surface area contributed by atoms with E-state index >= 15 is 0 Å². The number of aryl methyl sites for hydroxylation is 2. The maximum absolute atomic E-state index is 12.7. The van der Waals surface area contributed by atoms with Crippen molar-refractivity contribution in [2.24, 2.45) is 0 Å². The number of hydrogen-bond acceptors (Lipinski definition) is 6. The Balaban J connectivity index is 1.64. The summed E-state index contributed by atoms with van der Waals surface area (Å²) in [5.74, 6) is 0.347. The maximum atomic E-state index is 12.7. The maximum Gasteiger partial charge on any atom is 0.435 e. The molecule has 4 rings (SSSR count). The van der Waals surface area contributed by atoms with Crippen LogP contribution in [0.25, 0.3) is 10.2 Å². The van der Waals surface area contributed by atoms with Gasteiger partial charge in [-0.15, -0.1) is 0 Å². The molecule has 0 atom stereocenters. The van der Waals surface area contributed by atoms with E-state index in [-0.39, 0.29) is 24.0 Å². The number of hydrogen-bond donors (Lipinski definition) is 0. The van der Waals surface area contributed by atoms with E-state index in [9.17, 15) is 18.0 Å². The minimum Gasteiger partial charge on any atom is -0.422 e. The number of rotatable bonds is 5. The summed E-state index contributed by atoms with van der Waals surface area (Å²) in [5.41, 5.74) is -0.479. The fraction of sp³-hybridized carbons (Fsp3) is 0.176. The second-order valence-electron chi connectivity index (χ2n) is 5.87. The van der Waals surface area contributed by atoms with Gasteiger partial charge in [-0.05, 0) is 18.2 Å². The van der Waals surface area contributed by atoms with Gasteiger partial charge in [0.15, 0.2) is 11.4 Å². The van der Waals surface area contributed by atoms with Crippen LogP contribution < -0.4 is 9.61 Å². The van der Waals surface area contributed by atoms with Crippen LogP contribution >= 0.6 is 22.9 Å². The minimum atomic E-state index is -4.52. The SMILES string of the molecule is O=c1sc2cccc(Oc3ncc(Cl)cn3)c2n1CCn1ccc(C(F)(F)F)n1. The van der Waals surface area contributed by atoms with Crippen LogP contribution in [0.1, 0.15) is 5.69 Å². The van der Waals surface area contributed by atoms with Gasteiger partial charge in [0.1, 0.15) is 5.52 Å². The van der Waals surface area contributed by atoms with E-state index in [0.29, 0.717) is 21.0 Å². The molecule has 0 unspecified atom stereocenters. The molecule has 3 aromatic heterocycles. The van der Waals surface area contributed by atoms with Gasteiger partial charge in [-0.2, -0.15) is 18.3 Å². The fourth-order valence-corrected chi connectivity index (χ4v) is 3.70. The first-order valence-electron chi connectivity index (χ1n) is 8.20. The molecule has 0 aliphatic rings. The van der Waals surface area contributed by atoms with Crippen LogP contribution in [0, 0.1) is 0 Å². The van der Waals surface area contributed by atoms with Crippen molar-refractivity contribution in [3.05, 3.63) is 63.2 Å². The summed E-state index contributed by atoms with van der Waals surface area (Å²) in [4.78, 5) is 20.1. The van der Waals surface area contributed by atoms with E-state index < -0.39 is 11.9 Å². The third-order valence-corrected chi connectivity index (χ3v) is 5.07. The summed E-state index contributed by atoms with van der Waals surface area (Å²) in [5, 5.41) is 3.85. The molecule has 3 heterocycles. The standard InChI is InChI=1S/C17H11ClF3N5O2S/c18-10-8-22-15(23-9-10)28-11-2-1-3-12-14(11)26(16(27)29-12)7-6-25-5-4-13(24-25)17(19,20)21/h1-5,8-9H,6-7H2. The summed E-state index contributed by atoms with van der Waals surface area (Å²) < 4.78 is 47.1. The van der Waals surface area contributed by atoms with Gasteiger partial charge in [0.05, 0.1) is 28.7 Å². The number of halogens is 4. The molecule has 29 heavy (non-hydrogen) atoms. The highest BCUT2D eigenvalue weighted by Gasteiger charge is 2.33. The van der Waals surface area contributed by atoms with Crippen molar-refractivity contribution >= 4 is 33.2 Å². The molecule has 0 saturated carbocycles. The fourth-order valence-electron chi connectivity index (χ4n) is 2.67. The van der Waals surface area contributed by atoms with Crippen molar-refractivity contribution in [2.45, 2.75) is 19.3 Å². The van der Waals surface area contributed by atoms with Gasteiger partial charge in [-0.25, -0.2) is 9.97 Å². The monoisotopic (exact) mass is 441 g/mol. The predicted octanol–water partition coefficient (Wildman–Crippen LogP) is 4.21. The molecule has 0 aliphatic carbocycles. The Morgan fingerprint density at radius 3 is 2.59 bits per heavy atom. The molecule has 0 amide bonds. The number of benzene rings is 1. The largest absolute Gasteiger partial charge is 0.435 e. The first-order chi connectivity index (χ1) is 13.8. The van der Waals surface area contributed by atoms with Crippen LogP contribution in [0.15, 0.2) is 47.7 Å². The van der Waals surface area contributed by atoms with Gasteiger partial charge < -0.3 is 4.74 Å². The predicted molar refractivity (Wildman–Crippen MR) is 100 cm³/mol. The molecule has 0 aliphatic heterocycles. The van der Waals surface area contributed by atoms with Gasteiger partial charge in [0, 0.05) is 12.7 Å². The Morgan fingerprint density at radius 2 is 1.90 bits per heavy atom. The number of ether oxygens (including phenoxy) is 1. The van der Waals surface area contributed by atoms with Crippen molar-refractivity contribution < 1.29 is 17.9 Å². The summed E-state index contributed by atoms with van der Waals surface area (Å²) in [6.07, 6.45) is -0.542. The number of alkyl halides is 3. The van der Waals surface area contributed by atoms with Gasteiger partial charge >= 0.3 is 17.1 Å². The molecule has 0 fully saturated rings. The van der Waals surface area contributed by atoms with E-state index in [1.165, 1.54) is 23.2 Å². The molecule has 0 bridgehead atoms. The molecule has 0 N–H and O–H groups in total. The third kappa shape index (κ3) is 4.10. The van der Waals surface area contributed by atoms with Crippen LogP contribution in [0.5, 0.6) is 11.8 Å². The Bertz CT molecular complexity index is 1220. The number of aromatic nitrogens is 5. The average Bonchev–Trinajstić information content (AvgIpc) is 3.26. The van der Waals surface area contributed by atoms with Crippen molar-refractivity contribution in [3.63, 3.8) is 0 Å². The van der Waals surface area contributed by atoms with E-state index in [2.05, 4.69) is 15.1 Å². The number of para-hydroxylation sites is 1. The lowest BCUT2D eigenvalue weighted by Gasteiger charge is -2.09. The lowest BCUT2D eigenvalue weighted by atomic mass is 10.3. The van der Waals surface area contributed by atoms with Crippen LogP contribution in [0.4, 0.5) is 13.2 Å². The van der Waals surface area contributed by atoms with E-state index in [1.807, 2.05) is 0 Å². The van der Waals surface area contributed by atoms with Crippen LogP contribution in [0.3, 0.4) is 0 Å². The zero-order chi connectivity index (χ0) is 20.6. The highest BCUT2D eigenvalue weighted by Crippen LogP contribution is 2.30. The zero-order valence-corrected chi connectivity index (χ0v) is 16.0. The highest BCUT2D eigenvalue weighted by atomic mass is 35.5. The lowest BCUT2D eigenvalue weighted by Crippen LogP contribution is -2.18. The second kappa shape index (κ2) is 7.48. The molecule has 0 spiro atoms. The molecule has 4 aromatic rings. The van der Waals surface area contributed by atoms with Crippen molar-refractivity contribution in [1.82, 2.24) is 24.3 Å². The minimum absolute atomic E-state index is 0.0500. The van der Waals surface area contributed by atoms with E-state index in [4.69, 9.17) is 16.3 Å². The van der Waals surface area contributed by atoms with Crippen LogP contribution in [0.2, 0.25) is 5.02 Å².